The fraction of sp³-hybridized carbons (Fsp3) is 0.0741. The molecular weight excluding hydrogens is 511 g/mol. The zero-order valence-corrected chi connectivity index (χ0v) is 20.0. The Morgan fingerprint density at radius 3 is 2.44 bits per heavy atom. The number of carbonyl (C=O) groups excluding carboxylic acids is 1. The summed E-state index contributed by atoms with van der Waals surface area (Å²) in [5.74, 6) is 0.756. The van der Waals surface area contributed by atoms with E-state index in [1.165, 1.54) is 23.1 Å². The number of aromatic nitrogens is 4. The number of nitrogen functional groups attached to an aromatic ring is 1. The molecule has 0 bridgehead atoms. The number of anilines is 2. The second kappa shape index (κ2) is 10.1. The molecule has 0 atom stereocenters. The summed E-state index contributed by atoms with van der Waals surface area (Å²) in [5.41, 5.74) is 5.65. The summed E-state index contributed by atoms with van der Waals surface area (Å²) < 4.78 is 47.0. The van der Waals surface area contributed by atoms with Crippen molar-refractivity contribution in [3.8, 4) is 28.8 Å². The Kier molecular flexibility index (Phi) is 6.56. The third-order valence-electron chi connectivity index (χ3n) is 5.69. The molecule has 0 unspecified atom stereocenters. The summed E-state index contributed by atoms with van der Waals surface area (Å²) >= 11 is 0. The van der Waals surface area contributed by atoms with E-state index >= 15 is 0 Å². The highest BCUT2D eigenvalue weighted by atomic mass is 19.4. The van der Waals surface area contributed by atoms with Crippen molar-refractivity contribution >= 4 is 28.4 Å². The maximum atomic E-state index is 13.3. The van der Waals surface area contributed by atoms with Crippen molar-refractivity contribution in [2.75, 3.05) is 11.1 Å². The number of fused-ring (bicyclic) bond motifs is 1. The topological polar surface area (TPSA) is 132 Å². The number of alkyl halides is 3. The predicted octanol–water partition coefficient (Wildman–Crippen LogP) is 5.40. The SMILES string of the molecule is N#Cc1ccc(NC(=O)Cn2nc(-c3ccc(Oc4ccccc4)cc3)c3c(N)ncnc32)cc1C(F)(F)F. The summed E-state index contributed by atoms with van der Waals surface area (Å²) in [6.45, 7) is -0.372. The Hall–Kier alpha value is -5.44. The molecule has 0 aliphatic rings. The first-order valence-corrected chi connectivity index (χ1v) is 11.4. The number of nitrogens with zero attached hydrogens (tertiary/aromatic N) is 5. The molecule has 3 aromatic carbocycles. The third kappa shape index (κ3) is 5.33. The number of nitrogens with two attached hydrogens (primary N) is 1. The van der Waals surface area contributed by atoms with E-state index in [9.17, 15) is 18.0 Å². The number of halogens is 3. The molecule has 194 valence electrons. The van der Waals surface area contributed by atoms with Crippen molar-refractivity contribution in [3.05, 3.63) is 90.3 Å². The number of benzene rings is 3. The molecule has 5 rings (SSSR count). The number of para-hydroxylation sites is 1. The Morgan fingerprint density at radius 1 is 1.03 bits per heavy atom. The molecule has 1 amide bonds. The molecule has 0 spiro atoms. The van der Waals surface area contributed by atoms with Gasteiger partial charge in [0, 0.05) is 11.3 Å². The van der Waals surface area contributed by atoms with Crippen LogP contribution in [0.3, 0.4) is 0 Å². The molecule has 0 saturated heterocycles. The zero-order valence-electron chi connectivity index (χ0n) is 20.0. The number of nitriles is 1. The molecule has 2 heterocycles. The molecule has 0 aliphatic heterocycles. The molecule has 3 N–H and O–H groups in total. The molecule has 0 saturated carbocycles. The van der Waals surface area contributed by atoms with Crippen LogP contribution in [0.25, 0.3) is 22.3 Å². The minimum atomic E-state index is -4.75. The normalized spacial score (nSPS) is 11.2. The van der Waals surface area contributed by atoms with Gasteiger partial charge in [0.2, 0.25) is 5.91 Å². The number of hydrogen-bond donors (Lipinski definition) is 2. The minimum absolute atomic E-state index is 0.119. The molecule has 2 aromatic heterocycles. The van der Waals surface area contributed by atoms with Gasteiger partial charge in [-0.3, -0.25) is 4.79 Å². The largest absolute Gasteiger partial charge is 0.457 e. The van der Waals surface area contributed by atoms with E-state index in [1.807, 2.05) is 30.3 Å². The first kappa shape index (κ1) is 25.2. The summed E-state index contributed by atoms with van der Waals surface area (Å²) in [6, 6.07) is 20.7. The number of carbonyl (C=O) groups is 1. The number of rotatable bonds is 6. The number of hydrogen-bond acceptors (Lipinski definition) is 7. The van der Waals surface area contributed by atoms with Gasteiger partial charge in [-0.05, 0) is 54.6 Å². The van der Waals surface area contributed by atoms with Crippen LogP contribution in [0.1, 0.15) is 11.1 Å². The molecule has 39 heavy (non-hydrogen) atoms. The Bertz CT molecular complexity index is 1710. The second-order valence-electron chi connectivity index (χ2n) is 8.32. The van der Waals surface area contributed by atoms with Crippen LogP contribution in [0.4, 0.5) is 24.7 Å². The fourth-order valence-corrected chi connectivity index (χ4v) is 3.94. The average molecular weight is 529 g/mol. The Morgan fingerprint density at radius 2 is 1.74 bits per heavy atom. The lowest BCUT2D eigenvalue weighted by atomic mass is 10.1. The maximum Gasteiger partial charge on any atom is 0.417 e. The highest BCUT2D eigenvalue weighted by Gasteiger charge is 2.34. The van der Waals surface area contributed by atoms with Gasteiger partial charge in [-0.1, -0.05) is 18.2 Å². The van der Waals surface area contributed by atoms with E-state index in [0.29, 0.717) is 34.2 Å². The van der Waals surface area contributed by atoms with Gasteiger partial charge in [0.05, 0.1) is 22.6 Å². The summed E-state index contributed by atoms with van der Waals surface area (Å²) in [5, 5.41) is 16.3. The van der Waals surface area contributed by atoms with Gasteiger partial charge in [0.1, 0.15) is 35.9 Å². The Balaban J connectivity index is 1.41. The number of ether oxygens (including phenoxy) is 1. The standard InChI is InChI=1S/C27H18F3N7O2/c28-27(29,30)21-12-18(9-6-17(21)13-31)35-22(38)14-37-26-23(25(32)33-15-34-26)24(36-37)16-7-10-20(11-8-16)39-19-4-2-1-3-5-19/h1-12,15H,14H2,(H,35,38)(H2,32,33,34). The summed E-state index contributed by atoms with van der Waals surface area (Å²) in [7, 11) is 0. The molecule has 9 nitrogen and oxygen atoms in total. The van der Waals surface area contributed by atoms with Crippen LogP contribution in [0, 0.1) is 11.3 Å². The van der Waals surface area contributed by atoms with E-state index < -0.39 is 23.2 Å². The van der Waals surface area contributed by atoms with Crippen LogP contribution >= 0.6 is 0 Å². The van der Waals surface area contributed by atoms with Crippen LogP contribution in [0.5, 0.6) is 11.5 Å². The van der Waals surface area contributed by atoms with Crippen LogP contribution in [-0.4, -0.2) is 25.7 Å². The second-order valence-corrected chi connectivity index (χ2v) is 8.32. The van der Waals surface area contributed by atoms with Crippen LogP contribution in [-0.2, 0) is 17.5 Å². The fourth-order valence-electron chi connectivity index (χ4n) is 3.94. The van der Waals surface area contributed by atoms with Crippen molar-refractivity contribution in [2.24, 2.45) is 0 Å². The summed E-state index contributed by atoms with van der Waals surface area (Å²) in [6.07, 6.45) is -3.53. The van der Waals surface area contributed by atoms with Crippen LogP contribution in [0.15, 0.2) is 79.1 Å². The molecule has 12 heteroatoms. The van der Waals surface area contributed by atoms with Crippen molar-refractivity contribution in [1.82, 2.24) is 19.7 Å². The molecular formula is C27H18F3N7O2. The van der Waals surface area contributed by atoms with E-state index in [4.69, 9.17) is 15.7 Å². The highest BCUT2D eigenvalue weighted by Crippen LogP contribution is 2.34. The smallest absolute Gasteiger partial charge is 0.417 e. The first-order valence-electron chi connectivity index (χ1n) is 11.4. The molecule has 0 radical (unpaired) electrons. The zero-order chi connectivity index (χ0) is 27.6. The summed E-state index contributed by atoms with van der Waals surface area (Å²) in [4.78, 5) is 21.0. The van der Waals surface area contributed by atoms with Crippen LogP contribution in [0.2, 0.25) is 0 Å². The first-order chi connectivity index (χ1) is 18.7. The van der Waals surface area contributed by atoms with E-state index in [1.54, 1.807) is 24.3 Å². The van der Waals surface area contributed by atoms with Gasteiger partial charge < -0.3 is 15.8 Å². The average Bonchev–Trinajstić information content (AvgIpc) is 3.28. The molecule has 0 aliphatic carbocycles. The predicted molar refractivity (Wildman–Crippen MR) is 136 cm³/mol. The van der Waals surface area contributed by atoms with Crippen molar-refractivity contribution in [3.63, 3.8) is 0 Å². The lowest BCUT2D eigenvalue weighted by Crippen LogP contribution is -2.20. The van der Waals surface area contributed by atoms with Gasteiger partial charge in [0.25, 0.3) is 0 Å². The van der Waals surface area contributed by atoms with Gasteiger partial charge in [-0.15, -0.1) is 0 Å². The van der Waals surface area contributed by atoms with E-state index in [0.717, 1.165) is 6.07 Å². The lowest BCUT2D eigenvalue weighted by Gasteiger charge is -2.12. The maximum absolute atomic E-state index is 13.3. The van der Waals surface area contributed by atoms with Gasteiger partial charge in [0.15, 0.2) is 5.65 Å². The van der Waals surface area contributed by atoms with Crippen molar-refractivity contribution in [1.29, 1.82) is 5.26 Å². The van der Waals surface area contributed by atoms with Gasteiger partial charge >= 0.3 is 6.18 Å². The third-order valence-corrected chi connectivity index (χ3v) is 5.69. The van der Waals surface area contributed by atoms with Crippen molar-refractivity contribution in [2.45, 2.75) is 12.7 Å². The monoisotopic (exact) mass is 529 g/mol. The lowest BCUT2D eigenvalue weighted by molar-refractivity contribution is -0.137. The Labute approximate surface area is 219 Å². The minimum Gasteiger partial charge on any atom is -0.457 e. The van der Waals surface area contributed by atoms with Gasteiger partial charge in [-0.25, -0.2) is 14.6 Å². The van der Waals surface area contributed by atoms with E-state index in [-0.39, 0.29) is 23.7 Å². The van der Waals surface area contributed by atoms with Gasteiger partial charge in [-0.2, -0.15) is 23.5 Å². The van der Waals surface area contributed by atoms with Crippen molar-refractivity contribution < 1.29 is 22.7 Å². The molecule has 0 fully saturated rings. The van der Waals surface area contributed by atoms with E-state index in [2.05, 4.69) is 20.4 Å². The van der Waals surface area contributed by atoms with Crippen LogP contribution < -0.4 is 15.8 Å². The number of amides is 1. The highest BCUT2D eigenvalue weighted by molar-refractivity contribution is 5.99. The molecule has 5 aromatic rings. The quantitative estimate of drug-likeness (QED) is 0.301. The number of nitrogens with one attached hydrogen (secondary N) is 1.